The minimum atomic E-state index is -0.795. The second-order valence-corrected chi connectivity index (χ2v) is 5.77. The molecule has 1 aliphatic rings. The lowest BCUT2D eigenvalue weighted by Crippen LogP contribution is -2.38. The zero-order chi connectivity index (χ0) is 18.4. The molecule has 1 aliphatic heterocycles. The van der Waals surface area contributed by atoms with E-state index in [1.807, 2.05) is 30.3 Å². The first kappa shape index (κ1) is 18.9. The Bertz CT molecular complexity index is 613. The topological polar surface area (TPSA) is 88.1 Å². The van der Waals surface area contributed by atoms with E-state index in [4.69, 9.17) is 14.2 Å². The maximum atomic E-state index is 11.5. The summed E-state index contributed by atoms with van der Waals surface area (Å²) in [5.41, 5.74) is 0.798. The van der Waals surface area contributed by atoms with Crippen molar-refractivity contribution in [3.8, 4) is 0 Å². The summed E-state index contributed by atoms with van der Waals surface area (Å²) in [6.07, 6.45) is -2.36. The Balaban J connectivity index is 2.27. The fourth-order valence-electron chi connectivity index (χ4n) is 2.89. The van der Waals surface area contributed by atoms with E-state index in [0.717, 1.165) is 5.56 Å². The van der Waals surface area contributed by atoms with Crippen molar-refractivity contribution in [2.45, 2.75) is 51.1 Å². The Morgan fingerprint density at radius 2 is 1.60 bits per heavy atom. The summed E-state index contributed by atoms with van der Waals surface area (Å²) in [6.45, 7) is 2.56. The van der Waals surface area contributed by atoms with Gasteiger partial charge in [-0.2, -0.15) is 0 Å². The molecule has 1 fully saturated rings. The Morgan fingerprint density at radius 3 is 2.16 bits per heavy atom. The zero-order valence-corrected chi connectivity index (χ0v) is 14.5. The molecule has 1 saturated heterocycles. The molecule has 7 heteroatoms. The van der Waals surface area contributed by atoms with Crippen molar-refractivity contribution in [1.29, 1.82) is 0 Å². The summed E-state index contributed by atoms with van der Waals surface area (Å²) in [5.74, 6) is -1.40. The molecule has 1 aromatic rings. The Labute approximate surface area is 146 Å². The predicted molar refractivity (Wildman–Crippen MR) is 86.4 cm³/mol. The number of rotatable bonds is 6. The SMILES string of the molecule is COC(=O)CC[C@@H]1O[C@H](c2ccccc2)[C@@H](OC(C)=O)[C@@H]1OC(C)=O. The van der Waals surface area contributed by atoms with Crippen molar-refractivity contribution in [3.05, 3.63) is 35.9 Å². The van der Waals surface area contributed by atoms with Gasteiger partial charge in [0.2, 0.25) is 0 Å². The van der Waals surface area contributed by atoms with Gasteiger partial charge in [-0.1, -0.05) is 30.3 Å². The third kappa shape index (κ3) is 5.03. The van der Waals surface area contributed by atoms with E-state index < -0.39 is 42.3 Å². The summed E-state index contributed by atoms with van der Waals surface area (Å²) in [4.78, 5) is 34.5. The molecule has 25 heavy (non-hydrogen) atoms. The van der Waals surface area contributed by atoms with Crippen molar-refractivity contribution in [3.63, 3.8) is 0 Å². The largest absolute Gasteiger partial charge is 0.469 e. The molecular formula is C18H22O7. The van der Waals surface area contributed by atoms with Crippen LogP contribution in [0.15, 0.2) is 30.3 Å². The van der Waals surface area contributed by atoms with Gasteiger partial charge in [0, 0.05) is 20.3 Å². The van der Waals surface area contributed by atoms with Gasteiger partial charge in [0.05, 0.1) is 13.2 Å². The maximum absolute atomic E-state index is 11.5. The summed E-state index contributed by atoms with van der Waals surface area (Å²) in [6, 6.07) is 9.22. The van der Waals surface area contributed by atoms with Crippen LogP contribution in [0.2, 0.25) is 0 Å². The normalized spacial score (nSPS) is 25.2. The molecule has 1 aromatic carbocycles. The van der Waals surface area contributed by atoms with Gasteiger partial charge in [0.15, 0.2) is 12.2 Å². The molecule has 0 aliphatic carbocycles. The number of hydrogen-bond donors (Lipinski definition) is 0. The summed E-state index contributed by atoms with van der Waals surface area (Å²) in [5, 5.41) is 0. The van der Waals surface area contributed by atoms with Crippen LogP contribution in [0.3, 0.4) is 0 Å². The number of carbonyl (C=O) groups excluding carboxylic acids is 3. The number of esters is 3. The highest BCUT2D eigenvalue weighted by molar-refractivity contribution is 5.69. The maximum Gasteiger partial charge on any atom is 0.305 e. The fraction of sp³-hybridized carbons (Fsp3) is 0.500. The van der Waals surface area contributed by atoms with Crippen LogP contribution < -0.4 is 0 Å². The number of hydrogen-bond acceptors (Lipinski definition) is 7. The Kier molecular flexibility index (Phi) is 6.52. The second-order valence-electron chi connectivity index (χ2n) is 5.77. The third-order valence-electron chi connectivity index (χ3n) is 3.90. The monoisotopic (exact) mass is 350 g/mol. The molecule has 2 rings (SSSR count). The van der Waals surface area contributed by atoms with E-state index in [2.05, 4.69) is 4.74 Å². The zero-order valence-electron chi connectivity index (χ0n) is 14.5. The molecule has 0 amide bonds. The van der Waals surface area contributed by atoms with Crippen molar-refractivity contribution >= 4 is 17.9 Å². The standard InChI is InChI=1S/C18H22O7/c1-11(19)23-17-14(9-10-15(21)22-3)25-16(18(17)24-12(2)20)13-7-5-4-6-8-13/h4-8,14,16-18H,9-10H2,1-3H3/t14-,16+,17+,18+/m0/s1. The molecule has 0 unspecified atom stereocenters. The molecule has 0 saturated carbocycles. The quantitative estimate of drug-likeness (QED) is 0.572. The van der Waals surface area contributed by atoms with Gasteiger partial charge >= 0.3 is 17.9 Å². The van der Waals surface area contributed by atoms with E-state index >= 15 is 0 Å². The lowest BCUT2D eigenvalue weighted by atomic mass is 9.99. The van der Waals surface area contributed by atoms with Crippen LogP contribution in [0.4, 0.5) is 0 Å². The van der Waals surface area contributed by atoms with Gasteiger partial charge in [-0.15, -0.1) is 0 Å². The van der Waals surface area contributed by atoms with Crippen LogP contribution in [0.25, 0.3) is 0 Å². The Hall–Kier alpha value is -2.41. The van der Waals surface area contributed by atoms with Crippen LogP contribution >= 0.6 is 0 Å². The van der Waals surface area contributed by atoms with Crippen molar-refractivity contribution in [1.82, 2.24) is 0 Å². The van der Waals surface area contributed by atoms with E-state index in [0.29, 0.717) is 0 Å². The van der Waals surface area contributed by atoms with Gasteiger partial charge in [-0.3, -0.25) is 14.4 Å². The number of methoxy groups -OCH3 is 1. The van der Waals surface area contributed by atoms with E-state index in [1.165, 1.54) is 21.0 Å². The van der Waals surface area contributed by atoms with Crippen LogP contribution in [0.1, 0.15) is 38.4 Å². The fourth-order valence-corrected chi connectivity index (χ4v) is 2.89. The molecule has 0 radical (unpaired) electrons. The van der Waals surface area contributed by atoms with E-state index in [1.54, 1.807) is 0 Å². The van der Waals surface area contributed by atoms with Gasteiger partial charge in [0.1, 0.15) is 6.10 Å². The third-order valence-corrected chi connectivity index (χ3v) is 3.90. The summed E-state index contributed by atoms with van der Waals surface area (Å²) >= 11 is 0. The lowest BCUT2D eigenvalue weighted by Gasteiger charge is -2.23. The molecular weight excluding hydrogens is 328 g/mol. The predicted octanol–water partition coefficient (Wildman–Crippen LogP) is 1.94. The lowest BCUT2D eigenvalue weighted by molar-refractivity contribution is -0.164. The van der Waals surface area contributed by atoms with E-state index in [-0.39, 0.29) is 12.8 Å². The molecule has 7 nitrogen and oxygen atoms in total. The molecule has 4 atom stereocenters. The smallest absolute Gasteiger partial charge is 0.305 e. The summed E-state index contributed by atoms with van der Waals surface area (Å²) in [7, 11) is 1.30. The van der Waals surface area contributed by atoms with Crippen LogP contribution in [-0.2, 0) is 33.3 Å². The van der Waals surface area contributed by atoms with Crippen molar-refractivity contribution in [2.24, 2.45) is 0 Å². The van der Waals surface area contributed by atoms with Gasteiger partial charge < -0.3 is 18.9 Å². The second kappa shape index (κ2) is 8.62. The molecule has 1 heterocycles. The first-order valence-electron chi connectivity index (χ1n) is 8.04. The van der Waals surface area contributed by atoms with E-state index in [9.17, 15) is 14.4 Å². The summed E-state index contributed by atoms with van der Waals surface area (Å²) < 4.78 is 21.4. The average molecular weight is 350 g/mol. The first-order valence-corrected chi connectivity index (χ1v) is 8.04. The van der Waals surface area contributed by atoms with Crippen LogP contribution in [0, 0.1) is 0 Å². The van der Waals surface area contributed by atoms with Gasteiger partial charge in [0.25, 0.3) is 0 Å². The van der Waals surface area contributed by atoms with Crippen LogP contribution in [0.5, 0.6) is 0 Å². The molecule has 136 valence electrons. The Morgan fingerprint density at radius 1 is 1.00 bits per heavy atom. The van der Waals surface area contributed by atoms with Gasteiger partial charge in [-0.25, -0.2) is 0 Å². The molecule has 0 aromatic heterocycles. The highest BCUT2D eigenvalue weighted by Gasteiger charge is 2.49. The molecule has 0 spiro atoms. The van der Waals surface area contributed by atoms with Crippen molar-refractivity contribution < 1.29 is 33.3 Å². The molecule has 0 N–H and O–H groups in total. The highest BCUT2D eigenvalue weighted by Crippen LogP contribution is 2.39. The molecule has 0 bridgehead atoms. The first-order chi connectivity index (χ1) is 11.9. The van der Waals surface area contributed by atoms with Gasteiger partial charge in [-0.05, 0) is 12.0 Å². The number of benzene rings is 1. The number of carbonyl (C=O) groups is 3. The van der Waals surface area contributed by atoms with Crippen molar-refractivity contribution in [2.75, 3.05) is 7.11 Å². The minimum absolute atomic E-state index is 0.104. The van der Waals surface area contributed by atoms with Crippen LogP contribution in [-0.4, -0.2) is 43.3 Å². The highest BCUT2D eigenvalue weighted by atomic mass is 16.6. The number of ether oxygens (including phenoxy) is 4. The minimum Gasteiger partial charge on any atom is -0.469 e. The average Bonchev–Trinajstić information content (AvgIpc) is 2.90.